The fourth-order valence-corrected chi connectivity index (χ4v) is 7.71. The average molecular weight is 552 g/mol. The predicted molar refractivity (Wildman–Crippen MR) is 160 cm³/mol. The molecule has 0 spiro atoms. The van der Waals surface area contributed by atoms with Gasteiger partial charge in [0.1, 0.15) is 0 Å². The Labute approximate surface area is 242 Å². The molecule has 3 heterocycles. The van der Waals surface area contributed by atoms with Crippen LogP contribution in [0.2, 0.25) is 0 Å². The smallest absolute Gasteiger partial charge is 0.230 e. The molecule has 1 amide bonds. The number of fused-ring (bicyclic) bond motifs is 1. The topological polar surface area (TPSA) is 71.3 Å². The maximum atomic E-state index is 13.8. The molecule has 2 saturated carbocycles. The van der Waals surface area contributed by atoms with Gasteiger partial charge in [-0.25, -0.2) is 9.67 Å². The SMILES string of the molecule is Cc1ccc(-n2nc(C(=O)C3CCN(C4CC4)CC3)nc2-c2ccc3c(c2)C(C2CCCC2)[C@H](C)C(=O)N3C)cc1. The van der Waals surface area contributed by atoms with Gasteiger partial charge in [0.25, 0.3) is 0 Å². The van der Waals surface area contributed by atoms with E-state index in [1.807, 2.05) is 34.8 Å². The Balaban J connectivity index is 1.28. The number of benzene rings is 2. The van der Waals surface area contributed by atoms with E-state index in [-0.39, 0.29) is 29.4 Å². The Morgan fingerprint density at radius 2 is 1.63 bits per heavy atom. The second-order valence-electron chi connectivity index (χ2n) is 12.9. The lowest BCUT2D eigenvalue weighted by Gasteiger charge is -2.39. The van der Waals surface area contributed by atoms with E-state index in [1.165, 1.54) is 49.7 Å². The van der Waals surface area contributed by atoms with E-state index in [0.29, 0.717) is 17.6 Å². The number of nitrogens with zero attached hydrogens (tertiary/aromatic N) is 5. The highest BCUT2D eigenvalue weighted by molar-refractivity contribution is 5.99. The van der Waals surface area contributed by atoms with Gasteiger partial charge in [-0.1, -0.05) is 37.5 Å². The molecule has 0 bridgehead atoms. The lowest BCUT2D eigenvalue weighted by molar-refractivity contribution is -0.123. The van der Waals surface area contributed by atoms with E-state index in [4.69, 9.17) is 10.1 Å². The highest BCUT2D eigenvalue weighted by Crippen LogP contribution is 2.49. The van der Waals surface area contributed by atoms with E-state index in [0.717, 1.165) is 48.9 Å². The van der Waals surface area contributed by atoms with Crippen molar-refractivity contribution in [1.82, 2.24) is 19.7 Å². The van der Waals surface area contributed by atoms with Crippen LogP contribution in [0.4, 0.5) is 5.69 Å². The molecule has 1 unspecified atom stereocenters. The number of likely N-dealkylation sites (tertiary alicyclic amines) is 1. The van der Waals surface area contributed by atoms with Crippen molar-refractivity contribution in [3.8, 4) is 17.1 Å². The first kappa shape index (κ1) is 26.6. The summed E-state index contributed by atoms with van der Waals surface area (Å²) in [5.74, 6) is 1.90. The lowest BCUT2D eigenvalue weighted by atomic mass is 9.73. The molecule has 1 saturated heterocycles. The number of aryl methyl sites for hydroxylation is 1. The number of anilines is 1. The first-order valence-corrected chi connectivity index (χ1v) is 15.6. The fourth-order valence-electron chi connectivity index (χ4n) is 7.71. The van der Waals surface area contributed by atoms with Gasteiger partial charge in [-0.2, -0.15) is 0 Å². The number of amides is 1. The van der Waals surface area contributed by atoms with Gasteiger partial charge in [-0.3, -0.25) is 9.59 Å². The largest absolute Gasteiger partial charge is 0.315 e. The molecular formula is C34H41N5O2. The van der Waals surface area contributed by atoms with Crippen molar-refractivity contribution in [3.05, 3.63) is 59.4 Å². The zero-order chi connectivity index (χ0) is 28.2. The van der Waals surface area contributed by atoms with Crippen LogP contribution in [0.25, 0.3) is 17.1 Å². The summed E-state index contributed by atoms with van der Waals surface area (Å²) in [6.07, 6.45) is 9.18. The Morgan fingerprint density at radius 1 is 0.927 bits per heavy atom. The van der Waals surface area contributed by atoms with Crippen LogP contribution < -0.4 is 4.90 Å². The monoisotopic (exact) mass is 551 g/mol. The molecule has 7 heteroatoms. The summed E-state index contributed by atoms with van der Waals surface area (Å²) in [6, 6.07) is 15.3. The molecule has 2 atom stereocenters. The van der Waals surface area contributed by atoms with E-state index < -0.39 is 0 Å². The van der Waals surface area contributed by atoms with Crippen LogP contribution in [0.3, 0.4) is 0 Å². The molecule has 2 aromatic carbocycles. The second kappa shape index (κ2) is 10.5. The summed E-state index contributed by atoms with van der Waals surface area (Å²) in [7, 11) is 1.89. The predicted octanol–water partition coefficient (Wildman–Crippen LogP) is 6.19. The van der Waals surface area contributed by atoms with Crippen molar-refractivity contribution in [2.24, 2.45) is 17.8 Å². The van der Waals surface area contributed by atoms with Gasteiger partial charge in [-0.05, 0) is 100 Å². The van der Waals surface area contributed by atoms with Crippen molar-refractivity contribution >= 4 is 17.4 Å². The Kier molecular flexibility index (Phi) is 6.81. The number of hydrogen-bond donors (Lipinski definition) is 0. The Morgan fingerprint density at radius 3 is 2.32 bits per heavy atom. The van der Waals surface area contributed by atoms with Crippen molar-refractivity contribution < 1.29 is 9.59 Å². The molecule has 2 aliphatic heterocycles. The molecule has 41 heavy (non-hydrogen) atoms. The second-order valence-corrected chi connectivity index (χ2v) is 12.9. The number of rotatable bonds is 6. The molecule has 1 aromatic heterocycles. The van der Waals surface area contributed by atoms with E-state index in [2.05, 4.69) is 43.0 Å². The highest BCUT2D eigenvalue weighted by atomic mass is 16.2. The fraction of sp³-hybridized carbons (Fsp3) is 0.529. The molecule has 7 rings (SSSR count). The van der Waals surface area contributed by atoms with Gasteiger partial charge in [0.2, 0.25) is 17.5 Å². The molecule has 0 radical (unpaired) electrons. The van der Waals surface area contributed by atoms with Crippen LogP contribution in [0.1, 0.15) is 86.0 Å². The Bertz CT molecular complexity index is 1460. The minimum Gasteiger partial charge on any atom is -0.315 e. The average Bonchev–Trinajstić information content (AvgIpc) is 3.52. The highest BCUT2D eigenvalue weighted by Gasteiger charge is 2.41. The van der Waals surface area contributed by atoms with Gasteiger partial charge >= 0.3 is 0 Å². The molecule has 214 valence electrons. The summed E-state index contributed by atoms with van der Waals surface area (Å²) >= 11 is 0. The third-order valence-electron chi connectivity index (χ3n) is 10.2. The van der Waals surface area contributed by atoms with Crippen molar-refractivity contribution in [2.75, 3.05) is 25.0 Å². The maximum absolute atomic E-state index is 13.8. The molecule has 2 aliphatic carbocycles. The van der Waals surface area contributed by atoms with E-state index >= 15 is 0 Å². The Hall–Kier alpha value is -3.32. The van der Waals surface area contributed by atoms with Gasteiger partial charge < -0.3 is 9.80 Å². The molecule has 4 aliphatic rings. The summed E-state index contributed by atoms with van der Waals surface area (Å²) in [5.41, 5.74) is 5.23. The van der Waals surface area contributed by atoms with Crippen LogP contribution in [0.15, 0.2) is 42.5 Å². The number of ketones is 1. The third kappa shape index (κ3) is 4.82. The first-order valence-electron chi connectivity index (χ1n) is 15.6. The number of piperidine rings is 1. The number of aromatic nitrogens is 3. The van der Waals surface area contributed by atoms with Crippen molar-refractivity contribution in [3.63, 3.8) is 0 Å². The van der Waals surface area contributed by atoms with Gasteiger partial charge in [-0.15, -0.1) is 5.10 Å². The van der Waals surface area contributed by atoms with Gasteiger partial charge in [0, 0.05) is 42.1 Å². The van der Waals surface area contributed by atoms with Crippen molar-refractivity contribution in [1.29, 1.82) is 0 Å². The summed E-state index contributed by atoms with van der Waals surface area (Å²) in [4.78, 5) is 36.3. The van der Waals surface area contributed by atoms with Crippen LogP contribution in [0.5, 0.6) is 0 Å². The zero-order valence-electron chi connectivity index (χ0n) is 24.6. The summed E-state index contributed by atoms with van der Waals surface area (Å²) in [5, 5.41) is 4.86. The standard InChI is InChI=1S/C34H41N5O2/c1-21-8-11-27(12-9-21)39-33(35-32(36-39)31(40)24-16-18-38(19-17-24)26-13-14-26)25-10-15-29-28(20-25)30(23-6-4-5-7-23)22(2)34(41)37(29)3/h8-12,15,20,22-24,26,30H,4-7,13-14,16-19H2,1-3H3/t22-,30?/m0/s1. The quantitative estimate of drug-likeness (QED) is 0.342. The number of carbonyl (C=O) groups excluding carboxylic acids is 2. The van der Waals surface area contributed by atoms with Crippen molar-refractivity contribution in [2.45, 2.75) is 77.2 Å². The zero-order valence-corrected chi connectivity index (χ0v) is 24.6. The number of carbonyl (C=O) groups is 2. The van der Waals surface area contributed by atoms with Gasteiger partial charge in [0.05, 0.1) is 5.69 Å². The van der Waals surface area contributed by atoms with Gasteiger partial charge in [0.15, 0.2) is 5.82 Å². The van der Waals surface area contributed by atoms with Crippen LogP contribution in [-0.4, -0.2) is 57.5 Å². The number of hydrogen-bond acceptors (Lipinski definition) is 5. The summed E-state index contributed by atoms with van der Waals surface area (Å²) < 4.78 is 1.85. The van der Waals surface area contributed by atoms with E-state index in [9.17, 15) is 9.59 Å². The van der Waals surface area contributed by atoms with Crippen LogP contribution in [0, 0.1) is 24.7 Å². The molecule has 3 fully saturated rings. The molecule has 3 aromatic rings. The lowest BCUT2D eigenvalue weighted by Crippen LogP contribution is -2.41. The minimum absolute atomic E-state index is 0.0255. The molecular weight excluding hydrogens is 510 g/mol. The minimum atomic E-state index is -0.0561. The van der Waals surface area contributed by atoms with E-state index in [1.54, 1.807) is 0 Å². The normalized spacial score (nSPS) is 24.2. The van der Waals surface area contributed by atoms with Crippen LogP contribution in [-0.2, 0) is 4.79 Å². The first-order chi connectivity index (χ1) is 19.9. The number of Topliss-reactive ketones (excluding diaryl/α,β-unsaturated/α-hetero) is 1. The van der Waals surface area contributed by atoms with Crippen LogP contribution >= 0.6 is 0 Å². The molecule has 0 N–H and O–H groups in total. The summed E-state index contributed by atoms with van der Waals surface area (Å²) in [6.45, 7) is 6.15. The third-order valence-corrected chi connectivity index (χ3v) is 10.2. The maximum Gasteiger partial charge on any atom is 0.230 e. The molecule has 7 nitrogen and oxygen atoms in total.